The minimum atomic E-state index is -0.833. The number of hydrogen-bond donors (Lipinski definition) is 1. The molecule has 0 saturated carbocycles. The summed E-state index contributed by atoms with van der Waals surface area (Å²) < 4.78 is 14.7. The number of aromatic nitrogens is 3. The van der Waals surface area contributed by atoms with Crippen LogP contribution in [0.2, 0.25) is 0 Å². The summed E-state index contributed by atoms with van der Waals surface area (Å²) in [4.78, 5) is 18.0. The van der Waals surface area contributed by atoms with E-state index >= 15 is 0 Å². The number of alkyl halides is 1. The molecule has 0 fully saturated rings. The number of aliphatic carboxylic acids is 1. The second-order valence-corrected chi connectivity index (χ2v) is 5.92. The van der Waals surface area contributed by atoms with Gasteiger partial charge in [0, 0.05) is 12.3 Å². The zero-order chi connectivity index (χ0) is 19.9. The normalized spacial score (nSPS) is 10.1. The maximum absolute atomic E-state index is 12.9. The molecule has 140 valence electrons. The number of fused-ring (bicyclic) bond motifs is 2. The van der Waals surface area contributed by atoms with Gasteiger partial charge in [0.2, 0.25) is 0 Å². The first-order valence-electron chi connectivity index (χ1n) is 8.67. The van der Waals surface area contributed by atoms with Gasteiger partial charge in [-0.05, 0) is 36.1 Å². The van der Waals surface area contributed by atoms with E-state index in [2.05, 4.69) is 21.8 Å². The maximum Gasteiger partial charge on any atom is 0.300 e. The van der Waals surface area contributed by atoms with Crippen molar-refractivity contribution in [3.8, 4) is 11.8 Å². The Balaban J connectivity index is 0.000000516. The fourth-order valence-corrected chi connectivity index (χ4v) is 2.74. The highest BCUT2D eigenvalue weighted by atomic mass is 19.1. The third-order valence-electron chi connectivity index (χ3n) is 3.86. The molecule has 0 amide bonds. The Morgan fingerprint density at radius 3 is 2.43 bits per heavy atom. The van der Waals surface area contributed by atoms with Crippen LogP contribution in [0, 0.1) is 11.8 Å². The molecule has 2 aromatic carbocycles. The van der Waals surface area contributed by atoms with E-state index in [-0.39, 0.29) is 6.54 Å². The van der Waals surface area contributed by atoms with Crippen molar-refractivity contribution in [1.82, 2.24) is 14.5 Å². The van der Waals surface area contributed by atoms with Crippen molar-refractivity contribution in [1.29, 1.82) is 0 Å². The molecule has 0 radical (unpaired) electrons. The highest BCUT2D eigenvalue weighted by molar-refractivity contribution is 5.79. The number of imidazole rings is 1. The smallest absolute Gasteiger partial charge is 0.300 e. The van der Waals surface area contributed by atoms with Crippen molar-refractivity contribution < 1.29 is 14.3 Å². The van der Waals surface area contributed by atoms with E-state index in [1.807, 2.05) is 65.2 Å². The van der Waals surface area contributed by atoms with Crippen molar-refractivity contribution in [2.75, 3.05) is 6.67 Å². The van der Waals surface area contributed by atoms with Gasteiger partial charge in [-0.2, -0.15) is 0 Å². The van der Waals surface area contributed by atoms with Crippen molar-refractivity contribution in [3.63, 3.8) is 0 Å². The van der Waals surface area contributed by atoms with Crippen molar-refractivity contribution in [3.05, 3.63) is 72.2 Å². The number of pyridine rings is 1. The highest BCUT2D eigenvalue weighted by Gasteiger charge is 2.07. The molecule has 4 aromatic rings. The molecule has 0 aliphatic heterocycles. The Hall–Kier alpha value is -3.72. The number of aryl methyl sites for hydroxylation is 1. The molecule has 0 aliphatic carbocycles. The van der Waals surface area contributed by atoms with Crippen LogP contribution in [0.1, 0.15) is 18.4 Å². The van der Waals surface area contributed by atoms with Crippen LogP contribution in [-0.2, 0) is 11.3 Å². The third-order valence-corrected chi connectivity index (χ3v) is 3.86. The topological polar surface area (TPSA) is 68.0 Å². The van der Waals surface area contributed by atoms with Crippen molar-refractivity contribution in [2.24, 2.45) is 0 Å². The van der Waals surface area contributed by atoms with Crippen molar-refractivity contribution in [2.45, 2.75) is 13.5 Å². The lowest BCUT2D eigenvalue weighted by molar-refractivity contribution is -0.134. The Morgan fingerprint density at radius 1 is 1.00 bits per heavy atom. The molecule has 0 aliphatic rings. The zero-order valence-electron chi connectivity index (χ0n) is 15.3. The minimum Gasteiger partial charge on any atom is -0.481 e. The lowest BCUT2D eigenvalue weighted by Crippen LogP contribution is -2.02. The molecule has 0 bridgehead atoms. The summed E-state index contributed by atoms with van der Waals surface area (Å²) in [5.41, 5.74) is 3.29. The quantitative estimate of drug-likeness (QED) is 0.537. The van der Waals surface area contributed by atoms with E-state index in [0.717, 1.165) is 28.9 Å². The fourth-order valence-electron chi connectivity index (χ4n) is 2.74. The van der Waals surface area contributed by atoms with Gasteiger partial charge in [-0.1, -0.05) is 36.4 Å². The first-order valence-corrected chi connectivity index (χ1v) is 8.67. The van der Waals surface area contributed by atoms with Crippen LogP contribution in [0.25, 0.3) is 21.9 Å². The first kappa shape index (κ1) is 19.1. The van der Waals surface area contributed by atoms with Gasteiger partial charge in [-0.15, -0.1) is 0 Å². The van der Waals surface area contributed by atoms with Crippen LogP contribution >= 0.6 is 0 Å². The molecule has 0 atom stereocenters. The number of halogens is 1. The number of carboxylic acids is 1. The van der Waals surface area contributed by atoms with Crippen molar-refractivity contribution >= 4 is 27.9 Å². The molecule has 28 heavy (non-hydrogen) atoms. The van der Waals surface area contributed by atoms with Gasteiger partial charge >= 0.3 is 0 Å². The molecular weight excluding hydrogens is 357 g/mol. The van der Waals surface area contributed by atoms with E-state index in [9.17, 15) is 4.39 Å². The Bertz CT molecular complexity index is 1180. The summed E-state index contributed by atoms with van der Waals surface area (Å²) in [5.74, 6) is 5.81. The Kier molecular flexibility index (Phi) is 5.97. The van der Waals surface area contributed by atoms with Gasteiger partial charge in [-0.25, -0.2) is 14.4 Å². The number of hydrogen-bond acceptors (Lipinski definition) is 3. The molecule has 1 N–H and O–H groups in total. The summed E-state index contributed by atoms with van der Waals surface area (Å²) in [6.07, 6.45) is 0. The molecule has 5 nitrogen and oxygen atoms in total. The van der Waals surface area contributed by atoms with Crippen LogP contribution < -0.4 is 0 Å². The third kappa shape index (κ3) is 4.51. The number of benzene rings is 2. The molecule has 6 heteroatoms. The molecule has 2 heterocycles. The highest BCUT2D eigenvalue weighted by Crippen LogP contribution is 2.16. The average molecular weight is 375 g/mol. The van der Waals surface area contributed by atoms with Crippen LogP contribution in [0.5, 0.6) is 0 Å². The number of carbonyl (C=O) groups is 1. The number of carboxylic acid groups (broad SMARTS) is 1. The second-order valence-electron chi connectivity index (χ2n) is 5.92. The lowest BCUT2D eigenvalue weighted by atomic mass is 10.2. The molecular formula is C22H18FN3O2. The predicted octanol–water partition coefficient (Wildman–Crippen LogP) is 4.04. The van der Waals surface area contributed by atoms with Gasteiger partial charge in [-0.3, -0.25) is 4.79 Å². The molecule has 0 saturated heterocycles. The average Bonchev–Trinajstić information content (AvgIpc) is 3.04. The van der Waals surface area contributed by atoms with Crippen LogP contribution in [0.3, 0.4) is 0 Å². The van der Waals surface area contributed by atoms with E-state index < -0.39 is 12.6 Å². The predicted molar refractivity (Wildman–Crippen MR) is 107 cm³/mol. The standard InChI is InChI=1S/C20H14FN3.C2H4O2/c21-13-14-24-19-8-4-3-7-18(19)23-20(24)12-11-16-10-9-15-5-1-2-6-17(15)22-16;1-2(3)4/h1-10H,13-14H2;1H3,(H,3,4). The first-order chi connectivity index (χ1) is 13.6. The number of para-hydroxylation sites is 3. The summed E-state index contributed by atoms with van der Waals surface area (Å²) in [6.45, 7) is 0.874. The van der Waals surface area contributed by atoms with Crippen LogP contribution in [-0.4, -0.2) is 32.3 Å². The van der Waals surface area contributed by atoms with Gasteiger partial charge in [0.25, 0.3) is 5.97 Å². The summed E-state index contributed by atoms with van der Waals surface area (Å²) >= 11 is 0. The summed E-state index contributed by atoms with van der Waals surface area (Å²) in [5, 5.41) is 8.49. The zero-order valence-corrected chi connectivity index (χ0v) is 15.3. The van der Waals surface area contributed by atoms with E-state index in [4.69, 9.17) is 9.90 Å². The summed E-state index contributed by atoms with van der Waals surface area (Å²) in [7, 11) is 0. The molecule has 2 aromatic heterocycles. The fraction of sp³-hybridized carbons (Fsp3) is 0.136. The Labute approximate surface area is 161 Å². The number of rotatable bonds is 2. The minimum absolute atomic E-state index is 0.246. The molecule has 4 rings (SSSR count). The SMILES string of the molecule is CC(=O)O.FCCn1c(C#Cc2ccc3ccccc3n2)nc2ccccc21. The monoisotopic (exact) mass is 375 g/mol. The van der Waals surface area contributed by atoms with E-state index in [1.165, 1.54) is 0 Å². The lowest BCUT2D eigenvalue weighted by Gasteiger charge is -2.01. The largest absolute Gasteiger partial charge is 0.481 e. The Morgan fingerprint density at radius 2 is 1.68 bits per heavy atom. The van der Waals surface area contributed by atoms with Crippen LogP contribution in [0.15, 0.2) is 60.7 Å². The maximum atomic E-state index is 12.9. The number of nitrogens with zero attached hydrogens (tertiary/aromatic N) is 3. The van der Waals surface area contributed by atoms with Gasteiger partial charge in [0.05, 0.1) is 23.1 Å². The van der Waals surface area contributed by atoms with Gasteiger partial charge in [0.1, 0.15) is 12.4 Å². The molecule has 0 unspecified atom stereocenters. The van der Waals surface area contributed by atoms with Gasteiger partial charge < -0.3 is 9.67 Å². The summed E-state index contributed by atoms with van der Waals surface area (Å²) in [6, 6.07) is 19.5. The molecule has 0 spiro atoms. The van der Waals surface area contributed by atoms with Crippen LogP contribution in [0.4, 0.5) is 4.39 Å². The van der Waals surface area contributed by atoms with E-state index in [0.29, 0.717) is 11.5 Å². The second kappa shape index (κ2) is 8.78. The van der Waals surface area contributed by atoms with Gasteiger partial charge in [0.15, 0.2) is 5.82 Å². The van der Waals surface area contributed by atoms with E-state index in [1.54, 1.807) is 0 Å².